The summed E-state index contributed by atoms with van der Waals surface area (Å²) in [5, 5.41) is 0. The van der Waals surface area contributed by atoms with E-state index in [4.69, 9.17) is 4.74 Å². The average molecular weight is 230 g/mol. The first kappa shape index (κ1) is 11.3. The van der Waals surface area contributed by atoms with Gasteiger partial charge >= 0.3 is 0 Å². The number of rotatable bonds is 1. The van der Waals surface area contributed by atoms with Gasteiger partial charge in [-0.1, -0.05) is 51.1 Å². The third-order valence-corrected chi connectivity index (χ3v) is 4.67. The molecule has 2 aliphatic rings. The summed E-state index contributed by atoms with van der Waals surface area (Å²) in [5.74, 6) is 0.812. The Morgan fingerprint density at radius 3 is 2.47 bits per heavy atom. The molecular formula is C16H22O. The zero-order chi connectivity index (χ0) is 12.1. The lowest BCUT2D eigenvalue weighted by Gasteiger charge is -2.34. The Hall–Kier alpha value is -0.820. The van der Waals surface area contributed by atoms with Gasteiger partial charge in [0.15, 0.2) is 0 Å². The minimum absolute atomic E-state index is 0.0863. The molecule has 0 N–H and O–H groups in total. The largest absolute Gasteiger partial charge is 0.361 e. The maximum Gasteiger partial charge on any atom is 0.120 e. The van der Waals surface area contributed by atoms with Crippen molar-refractivity contribution in [3.8, 4) is 0 Å². The van der Waals surface area contributed by atoms with E-state index in [2.05, 4.69) is 51.1 Å². The van der Waals surface area contributed by atoms with Crippen LogP contribution in [0, 0.1) is 11.3 Å². The number of epoxide rings is 1. The van der Waals surface area contributed by atoms with Crippen LogP contribution < -0.4 is 0 Å². The van der Waals surface area contributed by atoms with Crippen molar-refractivity contribution >= 4 is 0 Å². The van der Waals surface area contributed by atoms with Gasteiger partial charge in [0.05, 0.1) is 6.10 Å². The molecule has 0 amide bonds. The van der Waals surface area contributed by atoms with E-state index in [1.54, 1.807) is 0 Å². The molecule has 3 atom stereocenters. The van der Waals surface area contributed by atoms with Crippen LogP contribution in [0.4, 0.5) is 0 Å². The van der Waals surface area contributed by atoms with Gasteiger partial charge in [-0.15, -0.1) is 0 Å². The van der Waals surface area contributed by atoms with Crippen molar-refractivity contribution in [1.82, 2.24) is 0 Å². The lowest BCUT2D eigenvalue weighted by atomic mass is 9.69. The summed E-state index contributed by atoms with van der Waals surface area (Å²) in [4.78, 5) is 0. The third kappa shape index (κ3) is 1.81. The fourth-order valence-electron chi connectivity index (χ4n) is 3.35. The zero-order valence-corrected chi connectivity index (χ0v) is 11.1. The van der Waals surface area contributed by atoms with Gasteiger partial charge in [-0.3, -0.25) is 0 Å². The molecule has 0 radical (unpaired) electrons. The molecular weight excluding hydrogens is 208 g/mol. The molecule has 3 rings (SSSR count). The van der Waals surface area contributed by atoms with E-state index in [0.29, 0.717) is 11.5 Å². The molecule has 1 heterocycles. The smallest absolute Gasteiger partial charge is 0.120 e. The van der Waals surface area contributed by atoms with Crippen LogP contribution in [0.1, 0.15) is 45.6 Å². The molecule has 0 bridgehead atoms. The second-order valence-corrected chi connectivity index (χ2v) is 6.70. The van der Waals surface area contributed by atoms with Crippen molar-refractivity contribution < 1.29 is 4.74 Å². The van der Waals surface area contributed by atoms with Crippen LogP contribution in [-0.4, -0.2) is 6.10 Å². The fraction of sp³-hybridized carbons (Fsp3) is 0.625. The standard InChI is InChI=1S/C16H22O/c1-15(2,3)13-9-10-16(14(11-13)17-16)12-7-5-4-6-8-12/h4-8,13-14H,9-11H2,1-3H3/t13-,14-,16-/m1/s1. The Morgan fingerprint density at radius 2 is 1.88 bits per heavy atom. The Labute approximate surface area is 104 Å². The SMILES string of the molecule is CC(C)(C)[C@@H]1CC[C@]2(c3ccccc3)O[C@@H]2C1. The van der Waals surface area contributed by atoms with Crippen LogP contribution >= 0.6 is 0 Å². The molecule has 2 fully saturated rings. The van der Waals surface area contributed by atoms with Crippen molar-refractivity contribution in [1.29, 1.82) is 0 Å². The average Bonchev–Trinajstić information content (AvgIpc) is 3.03. The Bertz CT molecular complexity index is 403. The number of ether oxygens (including phenoxy) is 1. The second-order valence-electron chi connectivity index (χ2n) is 6.70. The molecule has 92 valence electrons. The minimum atomic E-state index is 0.0863. The second kappa shape index (κ2) is 3.58. The molecule has 1 aromatic rings. The maximum absolute atomic E-state index is 6.08. The van der Waals surface area contributed by atoms with E-state index < -0.39 is 0 Å². The summed E-state index contributed by atoms with van der Waals surface area (Å²) in [6, 6.07) is 10.8. The van der Waals surface area contributed by atoms with E-state index in [1.807, 2.05) is 0 Å². The Balaban J connectivity index is 1.77. The summed E-state index contributed by atoms with van der Waals surface area (Å²) in [7, 11) is 0. The van der Waals surface area contributed by atoms with E-state index in [1.165, 1.54) is 24.8 Å². The predicted octanol–water partition coefficient (Wildman–Crippen LogP) is 4.13. The monoisotopic (exact) mass is 230 g/mol. The summed E-state index contributed by atoms with van der Waals surface area (Å²) in [6.07, 6.45) is 4.21. The van der Waals surface area contributed by atoms with Gasteiger partial charge in [0.1, 0.15) is 5.60 Å². The molecule has 1 aliphatic heterocycles. The van der Waals surface area contributed by atoms with Crippen molar-refractivity contribution in [3.05, 3.63) is 35.9 Å². The molecule has 1 saturated heterocycles. The van der Waals surface area contributed by atoms with Gasteiger partial charge in [0.2, 0.25) is 0 Å². The molecule has 1 nitrogen and oxygen atoms in total. The third-order valence-electron chi connectivity index (χ3n) is 4.67. The summed E-state index contributed by atoms with van der Waals surface area (Å²) in [5.41, 5.74) is 1.90. The van der Waals surface area contributed by atoms with Gasteiger partial charge in [-0.2, -0.15) is 0 Å². The number of fused-ring (bicyclic) bond motifs is 1. The summed E-state index contributed by atoms with van der Waals surface area (Å²) in [6.45, 7) is 7.07. The zero-order valence-electron chi connectivity index (χ0n) is 11.1. The lowest BCUT2D eigenvalue weighted by molar-refractivity contribution is 0.179. The van der Waals surface area contributed by atoms with Gasteiger partial charge in [0.25, 0.3) is 0 Å². The molecule has 1 saturated carbocycles. The topological polar surface area (TPSA) is 12.5 Å². The molecule has 1 heteroatoms. The summed E-state index contributed by atoms with van der Waals surface area (Å²) < 4.78 is 6.08. The van der Waals surface area contributed by atoms with E-state index in [0.717, 1.165) is 5.92 Å². The highest BCUT2D eigenvalue weighted by atomic mass is 16.6. The maximum atomic E-state index is 6.08. The van der Waals surface area contributed by atoms with E-state index >= 15 is 0 Å². The molecule has 0 aromatic heterocycles. The highest BCUT2D eigenvalue weighted by Crippen LogP contribution is 2.58. The Kier molecular flexibility index (Phi) is 2.38. The van der Waals surface area contributed by atoms with Crippen LogP contribution in [-0.2, 0) is 10.3 Å². The van der Waals surface area contributed by atoms with Crippen LogP contribution in [0.3, 0.4) is 0 Å². The van der Waals surface area contributed by atoms with Crippen molar-refractivity contribution in [2.45, 2.75) is 51.7 Å². The number of hydrogen-bond acceptors (Lipinski definition) is 1. The normalized spacial score (nSPS) is 36.4. The quantitative estimate of drug-likeness (QED) is 0.661. The predicted molar refractivity (Wildman–Crippen MR) is 69.8 cm³/mol. The first-order chi connectivity index (χ1) is 8.02. The van der Waals surface area contributed by atoms with Gasteiger partial charge in [-0.25, -0.2) is 0 Å². The van der Waals surface area contributed by atoms with Crippen molar-refractivity contribution in [3.63, 3.8) is 0 Å². The first-order valence-corrected chi connectivity index (χ1v) is 6.76. The number of benzene rings is 1. The van der Waals surface area contributed by atoms with Crippen molar-refractivity contribution in [2.24, 2.45) is 11.3 Å². The lowest BCUT2D eigenvalue weighted by Crippen LogP contribution is -2.30. The molecule has 1 aromatic carbocycles. The van der Waals surface area contributed by atoms with Crippen LogP contribution in [0.5, 0.6) is 0 Å². The van der Waals surface area contributed by atoms with E-state index in [9.17, 15) is 0 Å². The molecule has 1 aliphatic carbocycles. The van der Waals surface area contributed by atoms with Crippen LogP contribution in [0.25, 0.3) is 0 Å². The highest BCUT2D eigenvalue weighted by molar-refractivity contribution is 5.30. The van der Waals surface area contributed by atoms with Crippen LogP contribution in [0.15, 0.2) is 30.3 Å². The van der Waals surface area contributed by atoms with Gasteiger partial charge < -0.3 is 4.74 Å². The first-order valence-electron chi connectivity index (χ1n) is 6.76. The van der Waals surface area contributed by atoms with Crippen molar-refractivity contribution in [2.75, 3.05) is 0 Å². The highest BCUT2D eigenvalue weighted by Gasteiger charge is 2.60. The van der Waals surface area contributed by atoms with E-state index in [-0.39, 0.29) is 5.60 Å². The van der Waals surface area contributed by atoms with Crippen LogP contribution in [0.2, 0.25) is 0 Å². The molecule has 0 unspecified atom stereocenters. The fourth-order valence-corrected chi connectivity index (χ4v) is 3.35. The Morgan fingerprint density at radius 1 is 1.18 bits per heavy atom. The van der Waals surface area contributed by atoms with Gasteiger partial charge in [-0.05, 0) is 36.2 Å². The number of hydrogen-bond donors (Lipinski definition) is 0. The summed E-state index contributed by atoms with van der Waals surface area (Å²) >= 11 is 0. The van der Waals surface area contributed by atoms with Gasteiger partial charge in [0, 0.05) is 0 Å². The molecule has 0 spiro atoms. The minimum Gasteiger partial charge on any atom is -0.361 e. The molecule has 17 heavy (non-hydrogen) atoms.